The lowest BCUT2D eigenvalue weighted by Gasteiger charge is -2.24. The smallest absolute Gasteiger partial charge is 0.163 e. The molecule has 5 rings (SSSR count). The Morgan fingerprint density at radius 2 is 1.76 bits per heavy atom. The zero-order valence-electron chi connectivity index (χ0n) is 14.4. The average Bonchev–Trinajstić information content (AvgIpc) is 3.20. The van der Waals surface area contributed by atoms with Gasteiger partial charge in [-0.15, -0.1) is 0 Å². The second kappa shape index (κ2) is 6.15. The molecule has 2 N–H and O–H groups in total. The molecule has 0 aliphatic carbocycles. The van der Waals surface area contributed by atoms with Crippen molar-refractivity contribution in [2.75, 3.05) is 18.0 Å². The fourth-order valence-corrected chi connectivity index (χ4v) is 4.07. The summed E-state index contributed by atoms with van der Waals surface area (Å²) in [5, 5.41) is 4.65. The van der Waals surface area contributed by atoms with Crippen LogP contribution in [0.1, 0.15) is 36.9 Å². The fourth-order valence-electron chi connectivity index (χ4n) is 4.07. The summed E-state index contributed by atoms with van der Waals surface area (Å²) in [6.07, 6.45) is 7.22. The van der Waals surface area contributed by atoms with Crippen molar-refractivity contribution in [3.8, 4) is 11.4 Å². The van der Waals surface area contributed by atoms with Crippen LogP contribution in [0.5, 0.6) is 0 Å². The predicted octanol–water partition coefficient (Wildman–Crippen LogP) is 3.61. The molecular weight excluding hydrogens is 310 g/mol. The zero-order chi connectivity index (χ0) is 16.6. The van der Waals surface area contributed by atoms with Crippen molar-refractivity contribution in [2.45, 2.75) is 38.8 Å². The number of anilines is 1. The van der Waals surface area contributed by atoms with Crippen molar-refractivity contribution in [3.05, 3.63) is 41.7 Å². The Balaban J connectivity index is 1.64. The summed E-state index contributed by atoms with van der Waals surface area (Å²) < 4.78 is 0. The minimum atomic E-state index is 0.841. The Hall–Kier alpha value is -2.40. The molecule has 1 saturated heterocycles. The molecule has 25 heavy (non-hydrogen) atoms. The second-order valence-electron chi connectivity index (χ2n) is 7.05. The molecule has 3 aromatic rings. The molecule has 2 aliphatic rings. The van der Waals surface area contributed by atoms with Gasteiger partial charge in [0.2, 0.25) is 0 Å². The number of rotatable bonds is 2. The van der Waals surface area contributed by atoms with Crippen molar-refractivity contribution in [3.63, 3.8) is 0 Å². The van der Waals surface area contributed by atoms with E-state index < -0.39 is 0 Å². The number of fused-ring (bicyclic) bond motifs is 2. The molecule has 2 aliphatic heterocycles. The Morgan fingerprint density at radius 1 is 0.920 bits per heavy atom. The van der Waals surface area contributed by atoms with E-state index in [0.717, 1.165) is 54.6 Å². The van der Waals surface area contributed by atoms with E-state index in [1.165, 1.54) is 36.6 Å². The van der Waals surface area contributed by atoms with E-state index in [2.05, 4.69) is 39.5 Å². The van der Waals surface area contributed by atoms with Crippen LogP contribution in [0, 0.1) is 0 Å². The van der Waals surface area contributed by atoms with E-state index in [-0.39, 0.29) is 0 Å². The number of aromatic nitrogens is 3. The minimum absolute atomic E-state index is 0.841. The Morgan fingerprint density at radius 3 is 2.64 bits per heavy atom. The van der Waals surface area contributed by atoms with Crippen LogP contribution in [-0.2, 0) is 13.1 Å². The third-order valence-corrected chi connectivity index (χ3v) is 5.40. The summed E-state index contributed by atoms with van der Waals surface area (Å²) in [5.41, 5.74) is 4.69. The van der Waals surface area contributed by atoms with E-state index in [0.29, 0.717) is 0 Å². The van der Waals surface area contributed by atoms with Crippen LogP contribution in [0.2, 0.25) is 0 Å². The summed E-state index contributed by atoms with van der Waals surface area (Å²) in [4.78, 5) is 15.8. The van der Waals surface area contributed by atoms with Gasteiger partial charge in [0.15, 0.2) is 5.82 Å². The largest absolute Gasteiger partial charge is 0.360 e. The first-order valence-electron chi connectivity index (χ1n) is 9.32. The van der Waals surface area contributed by atoms with Crippen molar-refractivity contribution in [1.82, 2.24) is 20.3 Å². The molecule has 128 valence electrons. The number of aromatic amines is 1. The van der Waals surface area contributed by atoms with Gasteiger partial charge in [0, 0.05) is 54.4 Å². The standard InChI is InChI=1S/C20H23N5/c1-2-6-10-25(9-5-1)20-16-11-21-13-18(16)23-19(24-20)15-12-22-17-8-4-3-7-14(15)17/h3-4,7-8,12,21-22H,1-2,5-6,9-11,13H2. The lowest BCUT2D eigenvalue weighted by molar-refractivity contribution is 0.726. The average molecular weight is 333 g/mol. The maximum absolute atomic E-state index is 5.06. The quantitative estimate of drug-likeness (QED) is 0.752. The van der Waals surface area contributed by atoms with Crippen LogP contribution in [-0.4, -0.2) is 28.0 Å². The van der Waals surface area contributed by atoms with E-state index in [1.807, 2.05) is 6.20 Å². The topological polar surface area (TPSA) is 56.8 Å². The molecule has 0 bridgehead atoms. The molecule has 0 saturated carbocycles. The van der Waals surface area contributed by atoms with Gasteiger partial charge in [-0.3, -0.25) is 0 Å². The maximum atomic E-state index is 5.06. The van der Waals surface area contributed by atoms with E-state index in [1.54, 1.807) is 0 Å². The summed E-state index contributed by atoms with van der Waals surface area (Å²) >= 11 is 0. The fraction of sp³-hybridized carbons (Fsp3) is 0.400. The van der Waals surface area contributed by atoms with Gasteiger partial charge >= 0.3 is 0 Å². The highest BCUT2D eigenvalue weighted by Crippen LogP contribution is 2.32. The SMILES string of the molecule is c1ccc2c(-c3nc4c(c(N5CCCCCC5)n3)CNC4)c[nH]c2c1. The molecule has 0 atom stereocenters. The number of hydrogen-bond acceptors (Lipinski definition) is 4. The summed E-state index contributed by atoms with van der Waals surface area (Å²) in [7, 11) is 0. The van der Waals surface area contributed by atoms with Crippen LogP contribution >= 0.6 is 0 Å². The van der Waals surface area contributed by atoms with Gasteiger partial charge in [-0.2, -0.15) is 0 Å². The molecule has 2 aromatic heterocycles. The first kappa shape index (κ1) is 14.9. The lowest BCUT2D eigenvalue weighted by atomic mass is 10.1. The first-order chi connectivity index (χ1) is 12.4. The zero-order valence-corrected chi connectivity index (χ0v) is 14.4. The molecule has 1 fully saturated rings. The number of H-pyrrole nitrogens is 1. The Bertz CT molecular complexity index is 906. The maximum Gasteiger partial charge on any atom is 0.163 e. The highest BCUT2D eigenvalue weighted by atomic mass is 15.2. The highest BCUT2D eigenvalue weighted by Gasteiger charge is 2.24. The van der Waals surface area contributed by atoms with E-state index in [4.69, 9.17) is 9.97 Å². The Labute approximate surface area is 147 Å². The van der Waals surface area contributed by atoms with Crippen molar-refractivity contribution >= 4 is 16.7 Å². The molecular formula is C20H23N5. The number of nitrogens with one attached hydrogen (secondary N) is 2. The second-order valence-corrected chi connectivity index (χ2v) is 7.05. The van der Waals surface area contributed by atoms with Crippen LogP contribution in [0.15, 0.2) is 30.5 Å². The summed E-state index contributed by atoms with van der Waals surface area (Å²) in [6, 6.07) is 8.37. The highest BCUT2D eigenvalue weighted by molar-refractivity contribution is 5.93. The summed E-state index contributed by atoms with van der Waals surface area (Å²) in [6.45, 7) is 3.94. The third kappa shape index (κ3) is 2.59. The van der Waals surface area contributed by atoms with Gasteiger partial charge in [-0.1, -0.05) is 31.0 Å². The minimum Gasteiger partial charge on any atom is -0.360 e. The number of para-hydroxylation sites is 1. The van der Waals surface area contributed by atoms with Gasteiger partial charge in [0.1, 0.15) is 5.82 Å². The van der Waals surface area contributed by atoms with Crippen LogP contribution in [0.4, 0.5) is 5.82 Å². The third-order valence-electron chi connectivity index (χ3n) is 5.40. The Kier molecular flexibility index (Phi) is 3.67. The van der Waals surface area contributed by atoms with Crippen LogP contribution < -0.4 is 10.2 Å². The molecule has 0 unspecified atom stereocenters. The molecule has 0 amide bonds. The summed E-state index contributed by atoms with van der Waals surface area (Å²) in [5.74, 6) is 2.00. The van der Waals surface area contributed by atoms with Gasteiger partial charge in [0.25, 0.3) is 0 Å². The molecule has 5 heteroatoms. The molecule has 4 heterocycles. The number of benzene rings is 1. The first-order valence-corrected chi connectivity index (χ1v) is 9.32. The number of nitrogens with zero attached hydrogens (tertiary/aromatic N) is 3. The van der Waals surface area contributed by atoms with Gasteiger partial charge in [0.05, 0.1) is 5.69 Å². The van der Waals surface area contributed by atoms with Gasteiger partial charge in [-0.05, 0) is 18.9 Å². The lowest BCUT2D eigenvalue weighted by Crippen LogP contribution is -2.26. The van der Waals surface area contributed by atoms with E-state index in [9.17, 15) is 0 Å². The van der Waals surface area contributed by atoms with Crippen molar-refractivity contribution < 1.29 is 0 Å². The normalized spacial score (nSPS) is 17.7. The predicted molar refractivity (Wildman–Crippen MR) is 101 cm³/mol. The van der Waals surface area contributed by atoms with Crippen molar-refractivity contribution in [2.24, 2.45) is 0 Å². The van der Waals surface area contributed by atoms with Gasteiger partial charge in [-0.25, -0.2) is 9.97 Å². The molecule has 1 aromatic carbocycles. The molecule has 5 nitrogen and oxygen atoms in total. The monoisotopic (exact) mass is 333 g/mol. The van der Waals surface area contributed by atoms with Gasteiger partial charge < -0.3 is 15.2 Å². The van der Waals surface area contributed by atoms with Crippen molar-refractivity contribution in [1.29, 1.82) is 0 Å². The number of hydrogen-bond donors (Lipinski definition) is 2. The van der Waals surface area contributed by atoms with E-state index >= 15 is 0 Å². The van der Waals surface area contributed by atoms with Crippen LogP contribution in [0.3, 0.4) is 0 Å². The molecule has 0 spiro atoms. The van der Waals surface area contributed by atoms with Crippen LogP contribution in [0.25, 0.3) is 22.3 Å². The molecule has 0 radical (unpaired) electrons.